The molecular weight excluding hydrogens is 76.1 g/mol. The molecule has 2 rings (SSSR count). The molecule has 0 aromatic rings. The molecule has 2 heteroatoms. The van der Waals surface area contributed by atoms with E-state index in [4.69, 9.17) is 0 Å². The van der Waals surface area contributed by atoms with E-state index < -0.39 is 0 Å². The zero-order valence-electron chi connectivity index (χ0n) is 3.57. The molecule has 2 atom stereocenters. The van der Waals surface area contributed by atoms with Gasteiger partial charge in [0.1, 0.15) is 0 Å². The fourth-order valence-corrected chi connectivity index (χ4v) is 1.02. The molecule has 2 saturated heterocycles. The van der Waals surface area contributed by atoms with E-state index in [1.807, 2.05) is 0 Å². The molecule has 34 valence electrons. The van der Waals surface area contributed by atoms with Crippen molar-refractivity contribution in [3.8, 4) is 0 Å². The molecule has 2 aliphatic rings. The van der Waals surface area contributed by atoms with Gasteiger partial charge in [0.15, 0.2) is 0 Å². The average molecular weight is 84.1 g/mol. The third-order valence-electron chi connectivity index (χ3n) is 1.53. The molecule has 2 aliphatic heterocycles. The first kappa shape index (κ1) is 2.99. The van der Waals surface area contributed by atoms with E-state index in [0.717, 1.165) is 12.1 Å². The van der Waals surface area contributed by atoms with E-state index in [-0.39, 0.29) is 0 Å². The Hall–Kier alpha value is -0.0800. The number of hydrogen-bond acceptors (Lipinski definition) is 2. The number of rotatable bonds is 0. The minimum absolute atomic E-state index is 0.852. The third kappa shape index (κ3) is 0.235. The second-order valence-electron chi connectivity index (χ2n) is 2.04. The van der Waals surface area contributed by atoms with Gasteiger partial charge in [0.05, 0.1) is 0 Å². The van der Waals surface area contributed by atoms with Crippen molar-refractivity contribution in [3.63, 3.8) is 0 Å². The highest BCUT2D eigenvalue weighted by Crippen LogP contribution is 2.12. The van der Waals surface area contributed by atoms with Crippen LogP contribution in [0.2, 0.25) is 0 Å². The fraction of sp³-hybridized carbons (Fsp3) is 1.00. The molecule has 0 saturated carbocycles. The molecule has 0 bridgehead atoms. The standard InChI is InChI=1S/C4H8N2/c1-3-4(6-3)2-5-1/h3-6H,1-2H2/t3-,4+. The molecule has 2 heterocycles. The molecule has 2 nitrogen and oxygen atoms in total. The number of piperazine rings is 1. The second-order valence-corrected chi connectivity index (χ2v) is 2.04. The largest absolute Gasteiger partial charge is 0.314 e. The van der Waals surface area contributed by atoms with Crippen LogP contribution >= 0.6 is 0 Å². The van der Waals surface area contributed by atoms with E-state index in [2.05, 4.69) is 10.6 Å². The summed E-state index contributed by atoms with van der Waals surface area (Å²) in [6, 6.07) is 1.70. The average Bonchev–Trinajstić information content (AvgIpc) is 2.17. The van der Waals surface area contributed by atoms with Crippen LogP contribution in [-0.2, 0) is 0 Å². The Bertz CT molecular complexity index is 63.9. The summed E-state index contributed by atoms with van der Waals surface area (Å²) in [7, 11) is 0. The molecular formula is C4H8N2. The summed E-state index contributed by atoms with van der Waals surface area (Å²) in [5, 5.41) is 6.56. The predicted octanol–water partition coefficient (Wildman–Crippen LogP) is -1.07. The van der Waals surface area contributed by atoms with E-state index in [1.54, 1.807) is 0 Å². The Morgan fingerprint density at radius 2 is 1.83 bits per heavy atom. The zero-order valence-corrected chi connectivity index (χ0v) is 3.57. The van der Waals surface area contributed by atoms with E-state index >= 15 is 0 Å². The number of nitrogens with one attached hydrogen (secondary N) is 2. The number of hydrogen-bond donors (Lipinski definition) is 2. The molecule has 6 heavy (non-hydrogen) atoms. The van der Waals surface area contributed by atoms with E-state index in [0.29, 0.717) is 0 Å². The monoisotopic (exact) mass is 84.1 g/mol. The van der Waals surface area contributed by atoms with E-state index in [1.165, 1.54) is 13.1 Å². The van der Waals surface area contributed by atoms with Gasteiger partial charge >= 0.3 is 0 Å². The van der Waals surface area contributed by atoms with Crippen molar-refractivity contribution in [2.75, 3.05) is 13.1 Å². The summed E-state index contributed by atoms with van der Waals surface area (Å²) in [4.78, 5) is 0. The van der Waals surface area contributed by atoms with Crippen LogP contribution < -0.4 is 10.6 Å². The number of fused-ring (bicyclic) bond motifs is 1. The maximum Gasteiger partial charge on any atom is 0.0362 e. The Balaban J connectivity index is 2.09. The van der Waals surface area contributed by atoms with Crippen molar-refractivity contribution < 1.29 is 0 Å². The summed E-state index contributed by atoms with van der Waals surface area (Å²) in [6.45, 7) is 2.40. The lowest BCUT2D eigenvalue weighted by Gasteiger charge is -1.88. The highest BCUT2D eigenvalue weighted by Gasteiger charge is 2.39. The first-order chi connectivity index (χ1) is 2.97. The zero-order chi connectivity index (χ0) is 3.98. The predicted molar refractivity (Wildman–Crippen MR) is 23.6 cm³/mol. The van der Waals surface area contributed by atoms with Crippen molar-refractivity contribution in [2.45, 2.75) is 12.1 Å². The van der Waals surface area contributed by atoms with Crippen LogP contribution in [0, 0.1) is 0 Å². The highest BCUT2D eigenvalue weighted by molar-refractivity contribution is 5.05. The minimum Gasteiger partial charge on any atom is -0.314 e. The van der Waals surface area contributed by atoms with Gasteiger partial charge in [-0.2, -0.15) is 0 Å². The lowest BCUT2D eigenvalue weighted by Crippen LogP contribution is -2.18. The quantitative estimate of drug-likeness (QED) is 0.366. The Morgan fingerprint density at radius 1 is 1.17 bits per heavy atom. The highest BCUT2D eigenvalue weighted by atomic mass is 15.2. The summed E-state index contributed by atoms with van der Waals surface area (Å²) in [5.41, 5.74) is 0. The van der Waals surface area contributed by atoms with Crippen molar-refractivity contribution in [1.29, 1.82) is 0 Å². The van der Waals surface area contributed by atoms with Gasteiger partial charge in [-0.15, -0.1) is 0 Å². The van der Waals surface area contributed by atoms with Crippen LogP contribution in [-0.4, -0.2) is 25.2 Å². The van der Waals surface area contributed by atoms with Gasteiger partial charge in [-0.05, 0) is 0 Å². The minimum atomic E-state index is 0.852. The van der Waals surface area contributed by atoms with Crippen molar-refractivity contribution >= 4 is 0 Å². The summed E-state index contributed by atoms with van der Waals surface area (Å²) in [5.74, 6) is 0. The molecule has 0 amide bonds. The maximum absolute atomic E-state index is 3.31. The Morgan fingerprint density at radius 3 is 2.00 bits per heavy atom. The molecule has 0 aromatic heterocycles. The summed E-state index contributed by atoms with van der Waals surface area (Å²) in [6.07, 6.45) is 0. The van der Waals surface area contributed by atoms with Gasteiger partial charge in [0.2, 0.25) is 0 Å². The Kier molecular flexibility index (Phi) is 0.383. The van der Waals surface area contributed by atoms with Gasteiger partial charge in [0, 0.05) is 25.2 Å². The molecule has 2 N–H and O–H groups in total. The van der Waals surface area contributed by atoms with Crippen LogP contribution in [0.3, 0.4) is 0 Å². The maximum atomic E-state index is 3.31. The van der Waals surface area contributed by atoms with Crippen LogP contribution in [0.5, 0.6) is 0 Å². The molecule has 0 aromatic carbocycles. The van der Waals surface area contributed by atoms with Crippen LogP contribution in [0.4, 0.5) is 0 Å². The van der Waals surface area contributed by atoms with Gasteiger partial charge < -0.3 is 10.6 Å². The van der Waals surface area contributed by atoms with Crippen molar-refractivity contribution in [1.82, 2.24) is 10.6 Å². The second kappa shape index (κ2) is 0.768. The van der Waals surface area contributed by atoms with Gasteiger partial charge in [-0.1, -0.05) is 0 Å². The molecule has 0 radical (unpaired) electrons. The first-order valence-electron chi connectivity index (χ1n) is 2.43. The van der Waals surface area contributed by atoms with Crippen LogP contribution in [0.1, 0.15) is 0 Å². The van der Waals surface area contributed by atoms with Crippen molar-refractivity contribution in [3.05, 3.63) is 0 Å². The lowest BCUT2D eigenvalue weighted by molar-refractivity contribution is 0.737. The molecule has 0 unspecified atom stereocenters. The van der Waals surface area contributed by atoms with Gasteiger partial charge in [-0.25, -0.2) is 0 Å². The lowest BCUT2D eigenvalue weighted by atomic mass is 10.4. The van der Waals surface area contributed by atoms with Crippen molar-refractivity contribution in [2.24, 2.45) is 0 Å². The van der Waals surface area contributed by atoms with Crippen LogP contribution in [0.25, 0.3) is 0 Å². The SMILES string of the molecule is C1NC[C@H]2N[C@@H]12. The molecule has 2 fully saturated rings. The normalized spacial score (nSPS) is 52.0. The van der Waals surface area contributed by atoms with Gasteiger partial charge in [0.25, 0.3) is 0 Å². The summed E-state index contributed by atoms with van der Waals surface area (Å²) >= 11 is 0. The van der Waals surface area contributed by atoms with E-state index in [9.17, 15) is 0 Å². The smallest absolute Gasteiger partial charge is 0.0362 e. The summed E-state index contributed by atoms with van der Waals surface area (Å²) < 4.78 is 0. The fourth-order valence-electron chi connectivity index (χ4n) is 1.02. The van der Waals surface area contributed by atoms with Crippen LogP contribution in [0.15, 0.2) is 0 Å². The molecule has 0 spiro atoms. The molecule has 0 aliphatic carbocycles. The Labute approximate surface area is 36.9 Å². The third-order valence-corrected chi connectivity index (χ3v) is 1.53. The van der Waals surface area contributed by atoms with Gasteiger partial charge in [-0.3, -0.25) is 0 Å². The first-order valence-corrected chi connectivity index (χ1v) is 2.43. The topological polar surface area (TPSA) is 34.0 Å².